The van der Waals surface area contributed by atoms with E-state index in [4.69, 9.17) is 22.9 Å². The van der Waals surface area contributed by atoms with Crippen LogP contribution in [0, 0.1) is 5.92 Å². The summed E-state index contributed by atoms with van der Waals surface area (Å²) in [5.74, 6) is -10.2. The molecular weight excluding hydrogens is 941 g/mol. The highest BCUT2D eigenvalue weighted by molar-refractivity contribution is 5.98. The van der Waals surface area contributed by atoms with Gasteiger partial charge in [-0.2, -0.15) is 0 Å². The van der Waals surface area contributed by atoms with Gasteiger partial charge in [-0.3, -0.25) is 43.3 Å². The third-order valence-corrected chi connectivity index (χ3v) is 10.3. The number of carbonyl (C=O) groups excluding carboxylic acids is 9. The minimum absolute atomic E-state index is 0.00241. The molecule has 398 valence electrons. The molecule has 10 amide bonds. The minimum Gasteiger partial charge on any atom is -0.508 e. The van der Waals surface area contributed by atoms with Gasteiger partial charge in [0.2, 0.25) is 47.3 Å². The summed E-state index contributed by atoms with van der Waals surface area (Å²) in [4.78, 5) is 133. The van der Waals surface area contributed by atoms with Crippen molar-refractivity contribution in [3.63, 3.8) is 0 Å². The number of hydrogen-bond acceptors (Lipinski definition) is 16. The quantitative estimate of drug-likeness (QED) is 0.0187. The third-order valence-electron chi connectivity index (χ3n) is 10.3. The number of nitrogens with zero attached hydrogens (tertiary/aromatic N) is 1. The Morgan fingerprint density at radius 3 is 1.51 bits per heavy atom. The molecule has 0 aliphatic rings. The summed E-state index contributed by atoms with van der Waals surface area (Å²) in [6, 6.07) is -8.47. The number of nitrogens with two attached hydrogens (primary N) is 4. The molecule has 1 aromatic carbocycles. The summed E-state index contributed by atoms with van der Waals surface area (Å²) >= 11 is 0. The molecule has 1 rings (SSSR count). The molecule has 0 aliphatic carbocycles. The maximum absolute atomic E-state index is 13.6. The zero-order valence-corrected chi connectivity index (χ0v) is 40.1. The molecule has 0 bridgehead atoms. The maximum Gasteiger partial charge on any atom is 0.326 e. The smallest absolute Gasteiger partial charge is 0.326 e. The summed E-state index contributed by atoms with van der Waals surface area (Å²) < 4.78 is 0. The molecular formula is C42H70N14O15. The number of aliphatic carboxylic acids is 1. The number of urea groups is 1. The Morgan fingerprint density at radius 2 is 1.03 bits per heavy atom. The zero-order valence-electron chi connectivity index (χ0n) is 40.1. The van der Waals surface area contributed by atoms with Crippen molar-refractivity contribution in [2.45, 2.75) is 127 Å². The Hall–Kier alpha value is -7.37. The average Bonchev–Trinajstić information content (AvgIpc) is 3.29. The van der Waals surface area contributed by atoms with Gasteiger partial charge in [-0.05, 0) is 76.5 Å². The number of carboxylic acids is 1. The van der Waals surface area contributed by atoms with Crippen molar-refractivity contribution in [3.05, 3.63) is 29.8 Å². The van der Waals surface area contributed by atoms with E-state index in [0.717, 1.165) is 6.92 Å². The van der Waals surface area contributed by atoms with Crippen molar-refractivity contribution < 1.29 is 73.5 Å². The lowest BCUT2D eigenvalue weighted by Crippen LogP contribution is -2.62. The van der Waals surface area contributed by atoms with Crippen LogP contribution in [0.25, 0.3) is 0 Å². The Morgan fingerprint density at radius 1 is 0.577 bits per heavy atom. The van der Waals surface area contributed by atoms with Crippen LogP contribution in [0.2, 0.25) is 0 Å². The number of primary amides is 1. The second kappa shape index (κ2) is 31.0. The summed E-state index contributed by atoms with van der Waals surface area (Å²) in [7, 11) is 0. The number of benzene rings is 1. The molecule has 0 aliphatic heterocycles. The highest BCUT2D eigenvalue weighted by Crippen LogP contribution is 2.11. The maximum atomic E-state index is 13.6. The number of phenolic OH excluding ortho intramolecular Hbond substituents is 1. The number of rotatable bonds is 31. The molecule has 71 heavy (non-hydrogen) atoms. The van der Waals surface area contributed by atoms with Crippen LogP contribution in [0.1, 0.15) is 65.9 Å². The monoisotopic (exact) mass is 1010 g/mol. The number of aliphatic hydroxyl groups is 3. The van der Waals surface area contributed by atoms with E-state index in [0.29, 0.717) is 5.56 Å². The largest absolute Gasteiger partial charge is 0.508 e. The third kappa shape index (κ3) is 22.7. The van der Waals surface area contributed by atoms with E-state index in [1.165, 1.54) is 26.0 Å². The molecule has 0 aromatic heterocycles. The van der Waals surface area contributed by atoms with Crippen LogP contribution in [-0.4, -0.2) is 178 Å². The first-order valence-electron chi connectivity index (χ1n) is 22.4. The normalized spacial score (nSPS) is 15.2. The first-order valence-corrected chi connectivity index (χ1v) is 22.4. The Labute approximate surface area is 408 Å². The molecule has 0 unspecified atom stereocenters. The SMILES string of the molecule is CC(C)[C@H](NC(=O)[C@H](C)NC(=O)[C@H](CO)NC(=O)[C@H](CO)NC(=O)[C@H](CCCNC(N)=O)NC(=O)[C@@H](NC(=O)[C@H](C)NC(=O)[C@@H](N)Cc1ccc(O)cc1)[C@@H](C)O)C(=O)N[C@@H](CCCN=C(N)N)C(=O)O. The molecule has 22 N–H and O–H groups in total. The van der Waals surface area contributed by atoms with E-state index in [-0.39, 0.29) is 56.9 Å². The van der Waals surface area contributed by atoms with Crippen LogP contribution in [0.3, 0.4) is 0 Å². The van der Waals surface area contributed by atoms with E-state index in [1.54, 1.807) is 26.0 Å². The van der Waals surface area contributed by atoms with Gasteiger partial charge in [0.25, 0.3) is 0 Å². The van der Waals surface area contributed by atoms with Gasteiger partial charge in [0.05, 0.1) is 25.4 Å². The van der Waals surface area contributed by atoms with Gasteiger partial charge in [0, 0.05) is 13.1 Å². The van der Waals surface area contributed by atoms with Crippen molar-refractivity contribution in [2.75, 3.05) is 26.3 Å². The zero-order chi connectivity index (χ0) is 54.1. The lowest BCUT2D eigenvalue weighted by atomic mass is 10.0. The Kier molecular flexibility index (Phi) is 26.9. The summed E-state index contributed by atoms with van der Waals surface area (Å²) in [5.41, 5.74) is 22.3. The number of carbonyl (C=O) groups is 10. The van der Waals surface area contributed by atoms with Gasteiger partial charge in [-0.1, -0.05) is 26.0 Å². The fourth-order valence-electron chi connectivity index (χ4n) is 6.24. The van der Waals surface area contributed by atoms with Crippen LogP contribution in [0.5, 0.6) is 5.75 Å². The topological polar surface area (TPSA) is 497 Å². The van der Waals surface area contributed by atoms with Gasteiger partial charge >= 0.3 is 12.0 Å². The highest BCUT2D eigenvalue weighted by Gasteiger charge is 2.35. The standard InChI is InChI=1S/C42H70N14O15/c1-19(2)30(38(67)52-27(40(69)70)9-7-14-47-41(44)45)55-32(61)21(4)50-36(65)28(17-57)54-37(66)29(18-58)53-35(64)26(8-6-15-48-42(46)71)51-39(68)31(22(5)59)56-33(62)20(3)49-34(63)25(43)16-23-10-12-24(60)13-11-23/h10-13,19-22,25-31,57-60H,6-9,14-18,43H2,1-5H3,(H,49,63)(H,50,65)(H,51,68)(H,52,67)(H,53,64)(H,54,66)(H,55,61)(H,56,62)(H,69,70)(H4,44,45,47)(H3,46,48,71)/t20-,21-,22+,25-,26-,27-,28-,29-,30-,31-/m0/s1. The Bertz CT molecular complexity index is 2020. The Balaban J connectivity index is 3.06. The summed E-state index contributed by atoms with van der Waals surface area (Å²) in [5, 5.41) is 70.4. The van der Waals surface area contributed by atoms with Crippen molar-refractivity contribution in [2.24, 2.45) is 33.8 Å². The van der Waals surface area contributed by atoms with Crippen LogP contribution in [-0.2, 0) is 49.6 Å². The number of aromatic hydroxyl groups is 1. The van der Waals surface area contributed by atoms with E-state index in [2.05, 4.69) is 52.8 Å². The van der Waals surface area contributed by atoms with E-state index in [9.17, 15) is 73.5 Å². The molecule has 0 saturated heterocycles. The van der Waals surface area contributed by atoms with Gasteiger partial charge in [0.1, 0.15) is 54.1 Å². The van der Waals surface area contributed by atoms with Crippen LogP contribution in [0.15, 0.2) is 29.3 Å². The average molecular weight is 1010 g/mol. The number of guanidine groups is 1. The highest BCUT2D eigenvalue weighted by atomic mass is 16.4. The first-order chi connectivity index (χ1) is 33.2. The summed E-state index contributed by atoms with van der Waals surface area (Å²) in [6.07, 6.45) is -1.71. The van der Waals surface area contributed by atoms with E-state index >= 15 is 0 Å². The van der Waals surface area contributed by atoms with E-state index < -0.39 is 139 Å². The second-order valence-corrected chi connectivity index (χ2v) is 16.7. The molecule has 29 heteroatoms. The molecule has 0 fully saturated rings. The molecule has 0 heterocycles. The second-order valence-electron chi connectivity index (χ2n) is 16.7. The minimum atomic E-state index is -1.85. The van der Waals surface area contributed by atoms with E-state index in [1.807, 2.05) is 0 Å². The van der Waals surface area contributed by atoms with Crippen LogP contribution in [0.4, 0.5) is 4.79 Å². The number of carboxylic acid groups (broad SMARTS) is 1. The van der Waals surface area contributed by atoms with Crippen LogP contribution < -0.4 is 70.8 Å². The molecule has 29 nitrogen and oxygen atoms in total. The number of hydrogen-bond donors (Lipinski definition) is 18. The van der Waals surface area contributed by atoms with Gasteiger partial charge in [-0.15, -0.1) is 0 Å². The predicted molar refractivity (Wildman–Crippen MR) is 252 cm³/mol. The van der Waals surface area contributed by atoms with Gasteiger partial charge < -0.3 is 96.3 Å². The van der Waals surface area contributed by atoms with Crippen LogP contribution >= 0.6 is 0 Å². The lowest BCUT2D eigenvalue weighted by molar-refractivity contribution is -0.142. The number of aliphatic hydroxyl groups excluding tert-OH is 3. The molecule has 0 spiro atoms. The lowest BCUT2D eigenvalue weighted by Gasteiger charge is -2.27. The number of amides is 10. The number of aliphatic imine (C=N–C) groups is 1. The number of phenols is 1. The molecule has 0 radical (unpaired) electrons. The van der Waals surface area contributed by atoms with Crippen molar-refractivity contribution in [1.29, 1.82) is 0 Å². The fourth-order valence-corrected chi connectivity index (χ4v) is 6.24. The molecule has 10 atom stereocenters. The summed E-state index contributed by atoms with van der Waals surface area (Å²) in [6.45, 7) is 4.56. The van der Waals surface area contributed by atoms with Crippen molar-refractivity contribution >= 4 is 65.2 Å². The molecule has 1 aromatic rings. The fraction of sp³-hybridized carbons (Fsp3) is 0.595. The molecule has 0 saturated carbocycles. The first kappa shape index (κ1) is 61.6. The van der Waals surface area contributed by atoms with Crippen molar-refractivity contribution in [3.8, 4) is 5.75 Å². The van der Waals surface area contributed by atoms with Crippen molar-refractivity contribution in [1.82, 2.24) is 47.9 Å². The van der Waals surface area contributed by atoms with Gasteiger partial charge in [-0.25, -0.2) is 9.59 Å². The number of nitrogens with one attached hydrogen (secondary N) is 9. The predicted octanol–water partition coefficient (Wildman–Crippen LogP) is -7.21. The van der Waals surface area contributed by atoms with Gasteiger partial charge in [0.15, 0.2) is 5.96 Å².